The Bertz CT molecular complexity index is 1710. The molecule has 2 aromatic carbocycles. The molecule has 7 nitrogen and oxygen atoms in total. The zero-order valence-electron chi connectivity index (χ0n) is 32.0. The molecular formula is C45H61N5O2. The van der Waals surface area contributed by atoms with E-state index < -0.39 is 0 Å². The highest BCUT2D eigenvalue weighted by Gasteiger charge is 2.18. The van der Waals surface area contributed by atoms with E-state index in [1.807, 2.05) is 24.3 Å². The minimum Gasteiger partial charge on any atom is -0.494 e. The van der Waals surface area contributed by atoms with Gasteiger partial charge in [-0.25, -0.2) is 15.0 Å². The van der Waals surface area contributed by atoms with Crippen molar-refractivity contribution in [2.45, 2.75) is 130 Å². The van der Waals surface area contributed by atoms with Gasteiger partial charge < -0.3 is 18.6 Å². The Morgan fingerprint density at radius 3 is 1.33 bits per heavy atom. The van der Waals surface area contributed by atoms with Crippen molar-refractivity contribution < 1.29 is 9.47 Å². The van der Waals surface area contributed by atoms with Gasteiger partial charge in [0, 0.05) is 25.2 Å². The normalized spacial score (nSPS) is 11.4. The first-order valence-corrected chi connectivity index (χ1v) is 20.1. The fourth-order valence-corrected chi connectivity index (χ4v) is 7.04. The van der Waals surface area contributed by atoms with E-state index in [1.54, 1.807) is 0 Å². The van der Waals surface area contributed by atoms with Crippen LogP contribution in [-0.4, -0.2) is 37.3 Å². The maximum Gasteiger partial charge on any atom is 0.159 e. The van der Waals surface area contributed by atoms with Crippen LogP contribution in [0.2, 0.25) is 0 Å². The zero-order valence-corrected chi connectivity index (χ0v) is 32.0. The number of nitrogens with zero attached hydrogens (tertiary/aromatic N) is 5. The predicted octanol–water partition coefficient (Wildman–Crippen LogP) is 12.5. The van der Waals surface area contributed by atoms with Crippen LogP contribution in [0.3, 0.4) is 0 Å². The maximum absolute atomic E-state index is 6.16. The van der Waals surface area contributed by atoms with Gasteiger partial charge in [0.15, 0.2) is 11.6 Å². The van der Waals surface area contributed by atoms with Crippen molar-refractivity contribution >= 4 is 22.1 Å². The van der Waals surface area contributed by atoms with Crippen molar-refractivity contribution in [1.29, 1.82) is 0 Å². The van der Waals surface area contributed by atoms with Gasteiger partial charge in [-0.1, -0.05) is 82.4 Å². The largest absolute Gasteiger partial charge is 0.494 e. The molecule has 0 radical (unpaired) electrons. The van der Waals surface area contributed by atoms with E-state index in [0.717, 1.165) is 109 Å². The minimum atomic E-state index is 0.732. The van der Waals surface area contributed by atoms with Gasteiger partial charge in [-0.2, -0.15) is 0 Å². The lowest BCUT2D eigenvalue weighted by Gasteiger charge is -2.09. The van der Waals surface area contributed by atoms with Crippen LogP contribution in [0.5, 0.6) is 11.5 Å². The summed E-state index contributed by atoms with van der Waals surface area (Å²) in [5.41, 5.74) is 5.68. The van der Waals surface area contributed by atoms with Gasteiger partial charge in [0.1, 0.15) is 22.9 Å². The lowest BCUT2D eigenvalue weighted by molar-refractivity contribution is 0.304. The predicted molar refractivity (Wildman–Crippen MR) is 218 cm³/mol. The molecule has 52 heavy (non-hydrogen) atoms. The number of unbranched alkanes of at least 4 members (excludes halogenated alkanes) is 14. The van der Waals surface area contributed by atoms with Crippen molar-refractivity contribution in [2.24, 2.45) is 0 Å². The van der Waals surface area contributed by atoms with Crippen LogP contribution in [0.4, 0.5) is 0 Å². The summed E-state index contributed by atoms with van der Waals surface area (Å²) in [5, 5.41) is 0. The molecule has 0 fully saturated rings. The van der Waals surface area contributed by atoms with Crippen molar-refractivity contribution in [2.75, 3.05) is 13.2 Å². The van der Waals surface area contributed by atoms with E-state index in [4.69, 9.17) is 24.4 Å². The quantitative estimate of drug-likeness (QED) is 0.0424. The average Bonchev–Trinajstić information content (AvgIpc) is 3.74. The van der Waals surface area contributed by atoms with Gasteiger partial charge in [0.2, 0.25) is 0 Å². The van der Waals surface area contributed by atoms with Crippen LogP contribution in [0.1, 0.15) is 117 Å². The Labute approximate surface area is 312 Å². The minimum absolute atomic E-state index is 0.732. The summed E-state index contributed by atoms with van der Waals surface area (Å²) in [6.07, 6.45) is 23.8. The van der Waals surface area contributed by atoms with Crippen LogP contribution < -0.4 is 9.47 Å². The third-order valence-electron chi connectivity index (χ3n) is 9.92. The number of rotatable bonds is 26. The van der Waals surface area contributed by atoms with Gasteiger partial charge >= 0.3 is 0 Å². The van der Waals surface area contributed by atoms with Gasteiger partial charge in [-0.15, -0.1) is 13.2 Å². The van der Waals surface area contributed by atoms with Crippen molar-refractivity contribution in [3.63, 3.8) is 0 Å². The van der Waals surface area contributed by atoms with E-state index in [-0.39, 0.29) is 0 Å². The number of allylic oxidation sites excluding steroid dienone is 2. The Kier molecular flexibility index (Phi) is 15.8. The molecule has 0 aliphatic rings. The molecule has 278 valence electrons. The molecule has 0 saturated heterocycles. The highest BCUT2D eigenvalue weighted by atomic mass is 16.5. The monoisotopic (exact) mass is 703 g/mol. The first-order valence-electron chi connectivity index (χ1n) is 20.1. The molecule has 0 N–H and O–H groups in total. The SMILES string of the molecule is C=CCCCCCCCCCOc1ccc2c(c1)nc(-c1cccc(-c3nc4cc(OCCCCCCCCCC=C)ccc4n3CC)n1)n2CC. The second-order valence-electron chi connectivity index (χ2n) is 13.9. The van der Waals surface area contributed by atoms with Gasteiger partial charge in [0.05, 0.1) is 35.3 Å². The smallest absolute Gasteiger partial charge is 0.159 e. The fraction of sp³-hybridized carbons (Fsp3) is 0.489. The Balaban J connectivity index is 1.20. The summed E-state index contributed by atoms with van der Waals surface area (Å²) in [5.74, 6) is 3.45. The van der Waals surface area contributed by atoms with E-state index in [9.17, 15) is 0 Å². The summed E-state index contributed by atoms with van der Waals surface area (Å²) in [7, 11) is 0. The number of hydrogen-bond acceptors (Lipinski definition) is 5. The summed E-state index contributed by atoms with van der Waals surface area (Å²) in [6.45, 7) is 15.0. The highest BCUT2D eigenvalue weighted by Crippen LogP contribution is 2.31. The molecular weight excluding hydrogens is 643 g/mol. The van der Waals surface area contributed by atoms with E-state index in [0.29, 0.717) is 0 Å². The second kappa shape index (κ2) is 21.2. The number of aryl methyl sites for hydroxylation is 2. The molecule has 0 aliphatic heterocycles. The first kappa shape index (κ1) is 38.8. The Morgan fingerprint density at radius 2 is 0.923 bits per heavy atom. The van der Waals surface area contributed by atoms with Gasteiger partial charge in [-0.3, -0.25) is 0 Å². The van der Waals surface area contributed by atoms with Crippen molar-refractivity contribution in [3.05, 3.63) is 79.9 Å². The number of ether oxygens (including phenoxy) is 2. The summed E-state index contributed by atoms with van der Waals surface area (Å²) >= 11 is 0. The van der Waals surface area contributed by atoms with Crippen LogP contribution in [-0.2, 0) is 13.1 Å². The average molecular weight is 704 g/mol. The van der Waals surface area contributed by atoms with E-state index >= 15 is 0 Å². The molecule has 0 aliphatic carbocycles. The molecule has 0 saturated carbocycles. The standard InChI is InChI=1S/C45H61N5O2/c1-5-9-11-13-15-17-19-21-23-32-51-36-28-30-42-40(34-36)47-44(49(42)7-3)38-26-25-27-39(46-38)45-48-41-35-37(29-31-43(41)50(45)8-4)52-33-24-22-20-18-16-14-12-10-6-2/h5-6,25-31,34-35H,1-2,7-24,32-33H2,3-4H3. The molecule has 3 aromatic heterocycles. The summed E-state index contributed by atoms with van der Waals surface area (Å²) in [6, 6.07) is 18.7. The number of pyridine rings is 1. The molecule has 0 atom stereocenters. The number of benzene rings is 2. The molecule has 5 aromatic rings. The van der Waals surface area contributed by atoms with E-state index in [1.165, 1.54) is 77.0 Å². The van der Waals surface area contributed by atoms with Crippen LogP contribution in [0.15, 0.2) is 79.9 Å². The molecule has 7 heteroatoms. The van der Waals surface area contributed by atoms with Crippen molar-refractivity contribution in [3.8, 4) is 34.5 Å². The number of imidazole rings is 2. The fourth-order valence-electron chi connectivity index (χ4n) is 7.04. The summed E-state index contributed by atoms with van der Waals surface area (Å²) < 4.78 is 16.8. The van der Waals surface area contributed by atoms with Crippen molar-refractivity contribution in [1.82, 2.24) is 24.1 Å². The number of hydrogen-bond donors (Lipinski definition) is 0. The molecule has 0 unspecified atom stereocenters. The van der Waals surface area contributed by atoms with E-state index in [2.05, 4.69) is 78.6 Å². The maximum atomic E-state index is 6.16. The second-order valence-corrected chi connectivity index (χ2v) is 13.9. The molecule has 0 amide bonds. The lowest BCUT2D eigenvalue weighted by Crippen LogP contribution is -2.02. The van der Waals surface area contributed by atoms with Crippen LogP contribution in [0.25, 0.3) is 45.1 Å². The Hall–Kier alpha value is -4.39. The number of fused-ring (bicyclic) bond motifs is 2. The molecule has 0 spiro atoms. The molecule has 5 rings (SSSR count). The topological polar surface area (TPSA) is 67.0 Å². The van der Waals surface area contributed by atoms with Gasteiger partial charge in [-0.05, 0) is 88.8 Å². The first-order chi connectivity index (χ1) is 25.7. The molecule has 3 heterocycles. The summed E-state index contributed by atoms with van der Waals surface area (Å²) in [4.78, 5) is 15.3. The lowest BCUT2D eigenvalue weighted by atomic mass is 10.1. The van der Waals surface area contributed by atoms with Crippen LogP contribution in [0, 0.1) is 0 Å². The zero-order chi connectivity index (χ0) is 36.4. The van der Waals surface area contributed by atoms with Gasteiger partial charge in [0.25, 0.3) is 0 Å². The molecule has 0 bridgehead atoms. The van der Waals surface area contributed by atoms with Crippen LogP contribution >= 0.6 is 0 Å². The Morgan fingerprint density at radius 1 is 0.519 bits per heavy atom. The third-order valence-corrected chi connectivity index (χ3v) is 9.92. The highest BCUT2D eigenvalue weighted by molar-refractivity contribution is 5.83. The number of aromatic nitrogens is 5. The third kappa shape index (κ3) is 10.8.